The number of aromatic carboxylic acids is 1. The molecule has 2 heterocycles. The monoisotopic (exact) mass is 227 g/mol. The molecule has 0 saturated heterocycles. The molecule has 1 aliphatic rings. The molecule has 0 saturated carbocycles. The molecule has 0 aliphatic carbocycles. The average molecular weight is 228 g/mol. The van der Waals surface area contributed by atoms with Gasteiger partial charge in [0.15, 0.2) is 0 Å². The molecule has 0 aromatic carbocycles. The molecule has 2 rings (SSSR count). The van der Waals surface area contributed by atoms with Crippen LogP contribution < -0.4 is 0 Å². The Hall–Kier alpha value is -1.13. The molecule has 0 bridgehead atoms. The highest BCUT2D eigenvalue weighted by atomic mass is 35.5. The predicted molar refractivity (Wildman–Crippen MR) is 54.3 cm³/mol. The number of hydrogen-bond acceptors (Lipinski definition) is 3. The van der Waals surface area contributed by atoms with Crippen LogP contribution in [0.25, 0.3) is 0 Å². The van der Waals surface area contributed by atoms with Gasteiger partial charge in [0, 0.05) is 0 Å². The number of nitrogens with zero attached hydrogens (tertiary/aromatic N) is 1. The number of halogens is 1. The summed E-state index contributed by atoms with van der Waals surface area (Å²) < 4.78 is 5.23. The molecule has 0 unspecified atom stereocenters. The van der Waals surface area contributed by atoms with Gasteiger partial charge in [-0.2, -0.15) is 0 Å². The topological polar surface area (TPSA) is 59.4 Å². The zero-order valence-electron chi connectivity index (χ0n) is 8.21. The van der Waals surface area contributed by atoms with Crippen LogP contribution in [0.2, 0.25) is 5.02 Å². The Bertz CT molecular complexity index is 431. The molecule has 0 atom stereocenters. The number of carboxylic acid groups (broad SMARTS) is 1. The lowest BCUT2D eigenvalue weighted by Crippen LogP contribution is -2.18. The molecule has 1 aliphatic heterocycles. The van der Waals surface area contributed by atoms with Gasteiger partial charge in [0.2, 0.25) is 0 Å². The van der Waals surface area contributed by atoms with Crippen LogP contribution >= 0.6 is 11.6 Å². The number of rotatable bonds is 1. The Morgan fingerprint density at radius 2 is 2.33 bits per heavy atom. The molecule has 4 nitrogen and oxygen atoms in total. The van der Waals surface area contributed by atoms with Gasteiger partial charge in [0.1, 0.15) is 0 Å². The van der Waals surface area contributed by atoms with Crippen molar-refractivity contribution in [3.05, 3.63) is 27.5 Å². The van der Waals surface area contributed by atoms with Crippen molar-refractivity contribution in [3.63, 3.8) is 0 Å². The number of hydrogen-bond donors (Lipinski definition) is 1. The molecule has 15 heavy (non-hydrogen) atoms. The first-order valence-electron chi connectivity index (χ1n) is 4.60. The predicted octanol–water partition coefficient (Wildman–Crippen LogP) is 1.81. The van der Waals surface area contributed by atoms with Gasteiger partial charge in [0.05, 0.1) is 35.2 Å². The first-order chi connectivity index (χ1) is 7.11. The first-order valence-corrected chi connectivity index (χ1v) is 4.98. The molecule has 1 N–H and O–H groups in total. The van der Waals surface area contributed by atoms with Crippen LogP contribution in [-0.2, 0) is 17.8 Å². The molecule has 0 spiro atoms. The maximum atomic E-state index is 11.1. The van der Waals surface area contributed by atoms with E-state index in [-0.39, 0.29) is 10.6 Å². The van der Waals surface area contributed by atoms with E-state index in [0.717, 1.165) is 0 Å². The van der Waals surface area contributed by atoms with Crippen LogP contribution in [0.3, 0.4) is 0 Å². The maximum absolute atomic E-state index is 11.1. The number of aryl methyl sites for hydroxylation is 1. The lowest BCUT2D eigenvalue weighted by atomic mass is 10.0. The highest BCUT2D eigenvalue weighted by Crippen LogP contribution is 2.28. The Labute approximate surface area is 91.8 Å². The third-order valence-corrected chi connectivity index (χ3v) is 2.90. The molecule has 0 fully saturated rings. The zero-order chi connectivity index (χ0) is 11.0. The van der Waals surface area contributed by atoms with Crippen LogP contribution in [-0.4, -0.2) is 22.7 Å². The number of carbonyl (C=O) groups is 1. The molecule has 1 aromatic heterocycles. The van der Waals surface area contributed by atoms with Gasteiger partial charge in [-0.05, 0) is 18.9 Å². The second-order valence-corrected chi connectivity index (χ2v) is 3.80. The molecular weight excluding hydrogens is 218 g/mol. The smallest absolute Gasteiger partial charge is 0.337 e. The van der Waals surface area contributed by atoms with Crippen molar-refractivity contribution >= 4 is 17.6 Å². The van der Waals surface area contributed by atoms with Crippen molar-refractivity contribution in [1.29, 1.82) is 0 Å². The van der Waals surface area contributed by atoms with E-state index in [4.69, 9.17) is 21.4 Å². The average Bonchev–Trinajstić information content (AvgIpc) is 2.19. The van der Waals surface area contributed by atoms with Crippen molar-refractivity contribution in [2.24, 2.45) is 0 Å². The summed E-state index contributed by atoms with van der Waals surface area (Å²) in [5, 5.41) is 9.33. The normalized spacial score (nSPS) is 14.8. The molecule has 0 radical (unpaired) electrons. The van der Waals surface area contributed by atoms with Crippen LogP contribution in [0.15, 0.2) is 0 Å². The molecule has 5 heteroatoms. The summed E-state index contributed by atoms with van der Waals surface area (Å²) in [6.45, 7) is 2.59. The Kier molecular flexibility index (Phi) is 2.63. The van der Waals surface area contributed by atoms with E-state index < -0.39 is 5.97 Å². The molecule has 80 valence electrons. The lowest BCUT2D eigenvalue weighted by molar-refractivity contribution is 0.0689. The van der Waals surface area contributed by atoms with Gasteiger partial charge in [-0.25, -0.2) is 4.79 Å². The minimum atomic E-state index is -0.997. The first kappa shape index (κ1) is 10.4. The summed E-state index contributed by atoms with van der Waals surface area (Å²) in [6.07, 6.45) is 0.559. The summed E-state index contributed by atoms with van der Waals surface area (Å²) in [5.41, 5.74) is 2.13. The van der Waals surface area contributed by atoms with Crippen LogP contribution in [0.5, 0.6) is 0 Å². The summed E-state index contributed by atoms with van der Waals surface area (Å²) >= 11 is 5.94. The summed E-state index contributed by atoms with van der Waals surface area (Å²) in [5.74, 6) is -0.997. The molecular formula is C10H10ClNO3. The van der Waals surface area contributed by atoms with Gasteiger partial charge in [0.25, 0.3) is 0 Å². The maximum Gasteiger partial charge on any atom is 0.337 e. The molecule has 1 aromatic rings. The Balaban J connectivity index is 2.68. The van der Waals surface area contributed by atoms with Gasteiger partial charge in [-0.1, -0.05) is 11.6 Å². The van der Waals surface area contributed by atoms with E-state index in [1.165, 1.54) is 0 Å². The zero-order valence-corrected chi connectivity index (χ0v) is 8.97. The van der Waals surface area contributed by atoms with Crippen molar-refractivity contribution < 1.29 is 14.6 Å². The number of carboxylic acids is 1. The van der Waals surface area contributed by atoms with E-state index >= 15 is 0 Å². The fourth-order valence-electron chi connectivity index (χ4n) is 1.73. The second kappa shape index (κ2) is 3.79. The Morgan fingerprint density at radius 1 is 1.60 bits per heavy atom. The van der Waals surface area contributed by atoms with Crippen LogP contribution in [0.4, 0.5) is 0 Å². The Morgan fingerprint density at radius 3 is 3.00 bits per heavy atom. The quantitative estimate of drug-likeness (QED) is 0.795. The van der Waals surface area contributed by atoms with Gasteiger partial charge < -0.3 is 9.84 Å². The minimum absolute atomic E-state index is 0.183. The van der Waals surface area contributed by atoms with Gasteiger partial charge in [-0.3, -0.25) is 4.98 Å². The largest absolute Gasteiger partial charge is 0.478 e. The van der Waals surface area contributed by atoms with E-state index in [1.807, 2.05) is 0 Å². The fourth-order valence-corrected chi connectivity index (χ4v) is 1.97. The van der Waals surface area contributed by atoms with Crippen molar-refractivity contribution in [2.45, 2.75) is 20.0 Å². The van der Waals surface area contributed by atoms with Crippen molar-refractivity contribution in [1.82, 2.24) is 4.98 Å². The third-order valence-electron chi connectivity index (χ3n) is 2.44. The van der Waals surface area contributed by atoms with Crippen LogP contribution in [0, 0.1) is 6.92 Å². The van der Waals surface area contributed by atoms with E-state index in [0.29, 0.717) is 36.6 Å². The number of ether oxygens (including phenoxy) is 1. The third kappa shape index (κ3) is 1.70. The minimum Gasteiger partial charge on any atom is -0.478 e. The standard InChI is InChI=1S/C10H10ClNO3/c1-5-9(11)8(10(13)14)6-2-3-15-4-7(6)12-5/h2-4H2,1H3,(H,13,14). The summed E-state index contributed by atoms with van der Waals surface area (Å²) in [6, 6.07) is 0. The highest BCUT2D eigenvalue weighted by Gasteiger charge is 2.23. The number of pyridine rings is 1. The lowest BCUT2D eigenvalue weighted by Gasteiger charge is -2.19. The van der Waals surface area contributed by atoms with Crippen molar-refractivity contribution in [3.8, 4) is 0 Å². The van der Waals surface area contributed by atoms with E-state index in [2.05, 4.69) is 4.98 Å². The second-order valence-electron chi connectivity index (χ2n) is 3.42. The summed E-state index contributed by atoms with van der Waals surface area (Å²) in [4.78, 5) is 15.3. The molecule has 0 amide bonds. The van der Waals surface area contributed by atoms with Crippen LogP contribution in [0.1, 0.15) is 27.3 Å². The summed E-state index contributed by atoms with van der Waals surface area (Å²) in [7, 11) is 0. The highest BCUT2D eigenvalue weighted by molar-refractivity contribution is 6.34. The van der Waals surface area contributed by atoms with Gasteiger partial charge >= 0.3 is 5.97 Å². The van der Waals surface area contributed by atoms with E-state index in [1.54, 1.807) is 6.92 Å². The van der Waals surface area contributed by atoms with Gasteiger partial charge in [-0.15, -0.1) is 0 Å². The fraction of sp³-hybridized carbons (Fsp3) is 0.400. The number of fused-ring (bicyclic) bond motifs is 1. The van der Waals surface area contributed by atoms with E-state index in [9.17, 15) is 4.79 Å². The SMILES string of the molecule is Cc1nc2c(c(C(=O)O)c1Cl)CCOC2. The van der Waals surface area contributed by atoms with Crippen molar-refractivity contribution in [2.75, 3.05) is 6.61 Å². The number of aromatic nitrogens is 1.